The number of allylic oxidation sites excluding steroid dienone is 1. The Morgan fingerprint density at radius 3 is 2.93 bits per heavy atom. The van der Waals surface area contributed by atoms with E-state index in [1.165, 1.54) is 37.7 Å². The predicted octanol–water partition coefficient (Wildman–Crippen LogP) is 3.43. The third kappa shape index (κ3) is 5.23. The van der Waals surface area contributed by atoms with Crippen LogP contribution in [0, 0.1) is 0 Å². The lowest BCUT2D eigenvalue weighted by molar-refractivity contribution is 0.631. The molecular weight excluding hydrogens is 170 g/mol. The lowest BCUT2D eigenvalue weighted by Crippen LogP contribution is -2.17. The Hall–Kier alpha value is -0.560. The molecule has 1 N–H and O–H groups in total. The van der Waals surface area contributed by atoms with Crippen LogP contribution in [-0.2, 0) is 0 Å². The van der Waals surface area contributed by atoms with Crippen molar-refractivity contribution in [3.05, 3.63) is 23.8 Å². The van der Waals surface area contributed by atoms with Gasteiger partial charge in [-0.25, -0.2) is 0 Å². The molecule has 0 unspecified atom stereocenters. The fraction of sp³-hybridized carbons (Fsp3) is 0.692. The number of nitrogens with one attached hydrogen (secondary N) is 1. The van der Waals surface area contributed by atoms with Gasteiger partial charge in [-0.05, 0) is 58.5 Å². The minimum atomic E-state index is 1.09. The van der Waals surface area contributed by atoms with Crippen LogP contribution in [0.25, 0.3) is 0 Å². The van der Waals surface area contributed by atoms with Crippen molar-refractivity contribution in [1.82, 2.24) is 5.32 Å². The Morgan fingerprint density at radius 1 is 1.43 bits per heavy atom. The molecule has 1 rings (SSSR count). The average Bonchev–Trinajstić information content (AvgIpc) is 2.18. The van der Waals surface area contributed by atoms with E-state index < -0.39 is 0 Å². The van der Waals surface area contributed by atoms with E-state index in [4.69, 9.17) is 0 Å². The van der Waals surface area contributed by atoms with Crippen LogP contribution in [0.3, 0.4) is 0 Å². The largest absolute Gasteiger partial charge is 0.316 e. The van der Waals surface area contributed by atoms with Crippen LogP contribution in [0.2, 0.25) is 0 Å². The second-order valence-electron chi connectivity index (χ2n) is 4.32. The van der Waals surface area contributed by atoms with Gasteiger partial charge >= 0.3 is 0 Å². The maximum absolute atomic E-state index is 3.89. The van der Waals surface area contributed by atoms with Crippen LogP contribution in [0.5, 0.6) is 0 Å². The molecule has 0 saturated heterocycles. The number of hydrogen-bond acceptors (Lipinski definition) is 1. The van der Waals surface area contributed by atoms with Crippen molar-refractivity contribution >= 4 is 0 Å². The van der Waals surface area contributed by atoms with E-state index in [0.717, 1.165) is 19.5 Å². The van der Waals surface area contributed by atoms with Gasteiger partial charge in [0.2, 0.25) is 0 Å². The molecule has 0 aliphatic heterocycles. The highest BCUT2D eigenvalue weighted by Gasteiger charge is 2.02. The van der Waals surface area contributed by atoms with Crippen molar-refractivity contribution < 1.29 is 0 Å². The molecule has 0 aromatic heterocycles. The second-order valence-corrected chi connectivity index (χ2v) is 4.32. The summed E-state index contributed by atoms with van der Waals surface area (Å²) in [5.41, 5.74) is 2.94. The molecule has 0 aromatic carbocycles. The van der Waals surface area contributed by atoms with Crippen LogP contribution in [0.4, 0.5) is 0 Å². The fourth-order valence-electron chi connectivity index (χ4n) is 1.81. The Bertz CT molecular complexity index is 203. The summed E-state index contributed by atoms with van der Waals surface area (Å²) in [5, 5.41) is 3.46. The van der Waals surface area contributed by atoms with Gasteiger partial charge in [0.25, 0.3) is 0 Å². The fourth-order valence-corrected chi connectivity index (χ4v) is 1.81. The smallest absolute Gasteiger partial charge is 0.00115 e. The first-order chi connectivity index (χ1) is 6.79. The first-order valence-electron chi connectivity index (χ1n) is 5.82. The van der Waals surface area contributed by atoms with Crippen molar-refractivity contribution in [2.45, 2.75) is 45.4 Å². The number of rotatable bonds is 6. The summed E-state index contributed by atoms with van der Waals surface area (Å²) in [4.78, 5) is 0. The summed E-state index contributed by atoms with van der Waals surface area (Å²) in [6.07, 6.45) is 10.2. The molecule has 80 valence electrons. The zero-order valence-corrected chi connectivity index (χ0v) is 9.44. The van der Waals surface area contributed by atoms with E-state index in [2.05, 4.69) is 24.9 Å². The number of hydrogen-bond donors (Lipinski definition) is 1. The highest BCUT2D eigenvalue weighted by molar-refractivity contribution is 5.05. The minimum absolute atomic E-state index is 1.09. The van der Waals surface area contributed by atoms with Gasteiger partial charge in [0.05, 0.1) is 0 Å². The van der Waals surface area contributed by atoms with Gasteiger partial charge in [0.15, 0.2) is 0 Å². The summed E-state index contributed by atoms with van der Waals surface area (Å²) in [5.74, 6) is 0. The molecule has 0 aromatic rings. The maximum Gasteiger partial charge on any atom is -0.00115 e. The van der Waals surface area contributed by atoms with E-state index in [9.17, 15) is 0 Å². The zero-order valence-electron chi connectivity index (χ0n) is 9.44. The van der Waals surface area contributed by atoms with Crippen molar-refractivity contribution in [2.24, 2.45) is 0 Å². The highest BCUT2D eigenvalue weighted by atomic mass is 14.8. The van der Waals surface area contributed by atoms with E-state index >= 15 is 0 Å². The van der Waals surface area contributed by atoms with Crippen LogP contribution in [0.1, 0.15) is 45.4 Å². The summed E-state index contributed by atoms with van der Waals surface area (Å²) in [7, 11) is 0. The Kier molecular flexibility index (Phi) is 5.62. The second kappa shape index (κ2) is 6.83. The monoisotopic (exact) mass is 193 g/mol. The summed E-state index contributed by atoms with van der Waals surface area (Å²) in [6.45, 7) is 8.20. The normalized spacial score (nSPS) is 16.5. The van der Waals surface area contributed by atoms with Crippen LogP contribution in [-0.4, -0.2) is 13.1 Å². The van der Waals surface area contributed by atoms with Gasteiger partial charge < -0.3 is 5.32 Å². The minimum Gasteiger partial charge on any atom is -0.316 e. The molecule has 0 fully saturated rings. The SMILES string of the molecule is C=C(C)CCNCCC1=CCCCC1. The molecule has 0 spiro atoms. The van der Waals surface area contributed by atoms with Gasteiger partial charge in [-0.3, -0.25) is 0 Å². The van der Waals surface area contributed by atoms with E-state index in [0.29, 0.717) is 0 Å². The molecule has 0 amide bonds. The third-order valence-corrected chi connectivity index (χ3v) is 2.74. The van der Waals surface area contributed by atoms with Gasteiger partial charge in [0.1, 0.15) is 0 Å². The van der Waals surface area contributed by atoms with Crippen LogP contribution >= 0.6 is 0 Å². The molecule has 1 heteroatoms. The van der Waals surface area contributed by atoms with Gasteiger partial charge in [-0.15, -0.1) is 6.58 Å². The quantitative estimate of drug-likeness (QED) is 0.503. The first kappa shape index (κ1) is 11.5. The van der Waals surface area contributed by atoms with Crippen molar-refractivity contribution in [3.8, 4) is 0 Å². The molecule has 1 aliphatic carbocycles. The molecular formula is C13H23N. The topological polar surface area (TPSA) is 12.0 Å². The first-order valence-corrected chi connectivity index (χ1v) is 5.82. The summed E-state index contributed by atoms with van der Waals surface area (Å²) >= 11 is 0. The molecule has 1 nitrogen and oxygen atoms in total. The molecule has 0 bridgehead atoms. The van der Waals surface area contributed by atoms with Crippen molar-refractivity contribution in [3.63, 3.8) is 0 Å². The zero-order chi connectivity index (χ0) is 10.2. The Balaban J connectivity index is 1.98. The van der Waals surface area contributed by atoms with E-state index in [1.807, 2.05) is 0 Å². The average molecular weight is 193 g/mol. The van der Waals surface area contributed by atoms with Crippen LogP contribution in [0.15, 0.2) is 23.8 Å². The molecule has 1 aliphatic rings. The molecule has 0 radical (unpaired) electrons. The Labute approximate surface area is 88.3 Å². The lowest BCUT2D eigenvalue weighted by atomic mass is 9.97. The lowest BCUT2D eigenvalue weighted by Gasteiger charge is -2.12. The van der Waals surface area contributed by atoms with E-state index in [1.54, 1.807) is 5.57 Å². The van der Waals surface area contributed by atoms with E-state index in [-0.39, 0.29) is 0 Å². The Morgan fingerprint density at radius 2 is 2.29 bits per heavy atom. The predicted molar refractivity (Wildman–Crippen MR) is 63.5 cm³/mol. The summed E-state index contributed by atoms with van der Waals surface area (Å²) in [6, 6.07) is 0. The van der Waals surface area contributed by atoms with Gasteiger partial charge in [0, 0.05) is 0 Å². The molecule has 0 heterocycles. The molecule has 14 heavy (non-hydrogen) atoms. The molecule has 0 saturated carbocycles. The van der Waals surface area contributed by atoms with Crippen LogP contribution < -0.4 is 5.32 Å². The third-order valence-electron chi connectivity index (χ3n) is 2.74. The maximum atomic E-state index is 3.89. The van der Waals surface area contributed by atoms with Gasteiger partial charge in [-0.1, -0.05) is 17.2 Å². The van der Waals surface area contributed by atoms with Gasteiger partial charge in [-0.2, -0.15) is 0 Å². The van der Waals surface area contributed by atoms with Crippen molar-refractivity contribution in [2.75, 3.05) is 13.1 Å². The highest BCUT2D eigenvalue weighted by Crippen LogP contribution is 2.19. The molecule has 0 atom stereocenters. The van der Waals surface area contributed by atoms with Crippen molar-refractivity contribution in [1.29, 1.82) is 0 Å². The standard InChI is InChI=1S/C13H23N/c1-12(2)8-10-14-11-9-13-6-4-3-5-7-13/h6,14H,1,3-5,7-11H2,2H3. The summed E-state index contributed by atoms with van der Waals surface area (Å²) < 4.78 is 0.